The molecule has 1 aliphatic rings. The molecule has 86 valence electrons. The summed E-state index contributed by atoms with van der Waals surface area (Å²) in [5.74, 6) is -0.275. The summed E-state index contributed by atoms with van der Waals surface area (Å²) in [6.07, 6.45) is 5.78. The van der Waals surface area contributed by atoms with Crippen molar-refractivity contribution >= 4 is 5.97 Å². The Hall–Kier alpha value is -0.870. The molecule has 0 spiro atoms. The molecular weight excluding hydrogens is 194 g/mol. The molecule has 1 saturated carbocycles. The van der Waals surface area contributed by atoms with Gasteiger partial charge in [0.1, 0.15) is 0 Å². The fourth-order valence-corrected chi connectivity index (χ4v) is 1.50. The maximum atomic E-state index is 10.9. The molecule has 0 saturated heterocycles. The van der Waals surface area contributed by atoms with Crippen molar-refractivity contribution in [3.05, 3.63) is 12.2 Å². The van der Waals surface area contributed by atoms with Crippen molar-refractivity contribution in [2.24, 2.45) is 0 Å². The number of carbonyl (C=O) groups is 1. The van der Waals surface area contributed by atoms with Gasteiger partial charge in [0.15, 0.2) is 0 Å². The lowest BCUT2D eigenvalue weighted by Gasteiger charge is -2.34. The Morgan fingerprint density at radius 3 is 2.87 bits per heavy atom. The fourth-order valence-electron chi connectivity index (χ4n) is 1.50. The van der Waals surface area contributed by atoms with Crippen molar-refractivity contribution in [1.82, 2.24) is 5.32 Å². The second-order valence-electron chi connectivity index (χ2n) is 3.59. The van der Waals surface area contributed by atoms with E-state index in [4.69, 9.17) is 9.47 Å². The molecular formula is C11H19NO3. The van der Waals surface area contributed by atoms with Gasteiger partial charge in [0, 0.05) is 25.8 Å². The third-order valence-corrected chi connectivity index (χ3v) is 2.49. The maximum absolute atomic E-state index is 10.9. The number of esters is 1. The molecule has 0 aromatic heterocycles. The molecule has 0 bridgehead atoms. The number of carbonyl (C=O) groups excluding carboxylic acids is 1. The molecule has 1 aliphatic carbocycles. The number of hydrogen-bond donors (Lipinski definition) is 1. The van der Waals surface area contributed by atoms with Crippen LogP contribution in [-0.4, -0.2) is 38.4 Å². The molecule has 0 aromatic carbocycles. The Morgan fingerprint density at radius 2 is 2.27 bits per heavy atom. The quantitative estimate of drug-likeness (QED) is 0.525. The van der Waals surface area contributed by atoms with Crippen LogP contribution in [0.1, 0.15) is 19.8 Å². The van der Waals surface area contributed by atoms with Gasteiger partial charge in [-0.05, 0) is 19.8 Å². The van der Waals surface area contributed by atoms with Crippen molar-refractivity contribution < 1.29 is 14.3 Å². The molecule has 0 aliphatic heterocycles. The van der Waals surface area contributed by atoms with Crippen molar-refractivity contribution in [1.29, 1.82) is 0 Å². The zero-order chi connectivity index (χ0) is 11.1. The SMILES string of the molecule is CCOC(=O)/C=C/CNC1CC(OC)C1. The van der Waals surface area contributed by atoms with E-state index in [0.29, 0.717) is 25.3 Å². The van der Waals surface area contributed by atoms with Crippen LogP contribution in [0.15, 0.2) is 12.2 Å². The summed E-state index contributed by atoms with van der Waals surface area (Å²) in [5.41, 5.74) is 0. The Kier molecular flexibility index (Phi) is 5.36. The van der Waals surface area contributed by atoms with Crippen LogP contribution in [0.4, 0.5) is 0 Å². The van der Waals surface area contributed by atoms with Gasteiger partial charge < -0.3 is 14.8 Å². The summed E-state index contributed by atoms with van der Waals surface area (Å²) in [6, 6.07) is 0.529. The van der Waals surface area contributed by atoms with Gasteiger partial charge in [-0.25, -0.2) is 4.79 Å². The average molecular weight is 213 g/mol. The van der Waals surface area contributed by atoms with Crippen LogP contribution < -0.4 is 5.32 Å². The van der Waals surface area contributed by atoms with Gasteiger partial charge in [0.05, 0.1) is 12.7 Å². The lowest BCUT2D eigenvalue weighted by molar-refractivity contribution is -0.137. The summed E-state index contributed by atoms with van der Waals surface area (Å²) in [6.45, 7) is 2.93. The van der Waals surface area contributed by atoms with E-state index >= 15 is 0 Å². The monoisotopic (exact) mass is 213 g/mol. The first kappa shape index (κ1) is 12.2. The van der Waals surface area contributed by atoms with Crippen LogP contribution >= 0.6 is 0 Å². The fraction of sp³-hybridized carbons (Fsp3) is 0.727. The summed E-state index contributed by atoms with van der Waals surface area (Å²) < 4.78 is 9.91. The Balaban J connectivity index is 2.00. The molecule has 0 heterocycles. The van der Waals surface area contributed by atoms with E-state index in [9.17, 15) is 4.79 Å². The third kappa shape index (κ3) is 4.44. The van der Waals surface area contributed by atoms with Gasteiger partial charge in [-0.1, -0.05) is 6.08 Å². The average Bonchev–Trinajstić information content (AvgIpc) is 2.15. The maximum Gasteiger partial charge on any atom is 0.330 e. The molecule has 1 N–H and O–H groups in total. The number of hydrogen-bond acceptors (Lipinski definition) is 4. The highest BCUT2D eigenvalue weighted by Gasteiger charge is 2.27. The van der Waals surface area contributed by atoms with E-state index in [-0.39, 0.29) is 5.97 Å². The number of ether oxygens (including phenoxy) is 2. The Labute approximate surface area is 90.6 Å². The summed E-state index contributed by atoms with van der Waals surface area (Å²) in [7, 11) is 1.74. The lowest BCUT2D eigenvalue weighted by atomic mass is 9.89. The topological polar surface area (TPSA) is 47.6 Å². The number of methoxy groups -OCH3 is 1. The second-order valence-corrected chi connectivity index (χ2v) is 3.59. The van der Waals surface area contributed by atoms with Gasteiger partial charge in [0.2, 0.25) is 0 Å². The summed E-state index contributed by atoms with van der Waals surface area (Å²) in [4.78, 5) is 10.9. The van der Waals surface area contributed by atoms with Gasteiger partial charge in [-0.2, -0.15) is 0 Å². The third-order valence-electron chi connectivity index (χ3n) is 2.49. The molecule has 15 heavy (non-hydrogen) atoms. The number of nitrogens with one attached hydrogen (secondary N) is 1. The van der Waals surface area contributed by atoms with Gasteiger partial charge in [0.25, 0.3) is 0 Å². The van der Waals surface area contributed by atoms with Crippen LogP contribution in [0, 0.1) is 0 Å². The Bertz CT molecular complexity index is 222. The standard InChI is InChI=1S/C11H19NO3/c1-3-15-11(13)5-4-6-12-9-7-10(8-9)14-2/h4-5,9-10,12H,3,6-8H2,1-2H3/b5-4+. The first-order chi connectivity index (χ1) is 7.26. The zero-order valence-corrected chi connectivity index (χ0v) is 9.36. The second kappa shape index (κ2) is 6.58. The van der Waals surface area contributed by atoms with E-state index in [1.807, 2.05) is 0 Å². The minimum atomic E-state index is -0.275. The largest absolute Gasteiger partial charge is 0.463 e. The van der Waals surface area contributed by atoms with Gasteiger partial charge in [-0.15, -0.1) is 0 Å². The van der Waals surface area contributed by atoms with E-state index < -0.39 is 0 Å². The smallest absolute Gasteiger partial charge is 0.330 e. The first-order valence-electron chi connectivity index (χ1n) is 5.35. The number of rotatable bonds is 6. The first-order valence-corrected chi connectivity index (χ1v) is 5.35. The highest BCUT2D eigenvalue weighted by atomic mass is 16.5. The van der Waals surface area contributed by atoms with E-state index in [1.165, 1.54) is 6.08 Å². The van der Waals surface area contributed by atoms with E-state index in [1.54, 1.807) is 20.1 Å². The molecule has 0 aromatic rings. The summed E-state index contributed by atoms with van der Waals surface area (Å²) >= 11 is 0. The predicted octanol–water partition coefficient (Wildman–Crippen LogP) is 0.873. The van der Waals surface area contributed by atoms with Crippen molar-refractivity contribution in [3.63, 3.8) is 0 Å². The predicted molar refractivity (Wildman–Crippen MR) is 57.6 cm³/mol. The lowest BCUT2D eigenvalue weighted by Crippen LogP contribution is -2.45. The van der Waals surface area contributed by atoms with Crippen molar-refractivity contribution in [2.45, 2.75) is 31.9 Å². The zero-order valence-electron chi connectivity index (χ0n) is 9.36. The van der Waals surface area contributed by atoms with Gasteiger partial charge >= 0.3 is 5.97 Å². The summed E-state index contributed by atoms with van der Waals surface area (Å²) in [5, 5.41) is 3.31. The van der Waals surface area contributed by atoms with Crippen LogP contribution in [-0.2, 0) is 14.3 Å². The van der Waals surface area contributed by atoms with E-state index in [2.05, 4.69) is 5.32 Å². The molecule has 4 nitrogen and oxygen atoms in total. The van der Waals surface area contributed by atoms with E-state index in [0.717, 1.165) is 12.8 Å². The van der Waals surface area contributed by atoms with Crippen LogP contribution in [0.25, 0.3) is 0 Å². The van der Waals surface area contributed by atoms with Crippen LogP contribution in [0.2, 0.25) is 0 Å². The molecule has 1 rings (SSSR count). The molecule has 1 fully saturated rings. The minimum absolute atomic E-state index is 0.275. The van der Waals surface area contributed by atoms with Gasteiger partial charge in [-0.3, -0.25) is 0 Å². The van der Waals surface area contributed by atoms with Crippen LogP contribution in [0.3, 0.4) is 0 Å². The normalized spacial score (nSPS) is 25.2. The highest BCUT2D eigenvalue weighted by molar-refractivity contribution is 5.81. The molecule has 0 amide bonds. The highest BCUT2D eigenvalue weighted by Crippen LogP contribution is 2.21. The molecule has 4 heteroatoms. The minimum Gasteiger partial charge on any atom is -0.463 e. The molecule has 0 radical (unpaired) electrons. The van der Waals surface area contributed by atoms with Crippen molar-refractivity contribution in [3.8, 4) is 0 Å². The van der Waals surface area contributed by atoms with Crippen molar-refractivity contribution in [2.75, 3.05) is 20.3 Å². The molecule has 0 atom stereocenters. The Morgan fingerprint density at radius 1 is 1.53 bits per heavy atom. The van der Waals surface area contributed by atoms with Crippen LogP contribution in [0.5, 0.6) is 0 Å². The molecule has 0 unspecified atom stereocenters.